The van der Waals surface area contributed by atoms with Gasteiger partial charge < -0.3 is 9.47 Å². The minimum Gasteiger partial charge on any atom is -0.347 e. The van der Waals surface area contributed by atoms with Crippen LogP contribution in [0.2, 0.25) is 0 Å². The number of rotatable bonds is 2. The Bertz CT molecular complexity index is 416. The van der Waals surface area contributed by atoms with Crippen LogP contribution in [0.25, 0.3) is 0 Å². The van der Waals surface area contributed by atoms with Crippen LogP contribution in [-0.2, 0) is 9.47 Å². The molecule has 1 heterocycles. The van der Waals surface area contributed by atoms with Gasteiger partial charge in [0, 0.05) is 6.07 Å². The standard InChI is InChI=1S/C11H13NO4/c1-11(2)15-7-10(16-11)8-5-3-4-6-9(8)12(13)14/h3-6,10H,7H2,1-2H3. The lowest BCUT2D eigenvalue weighted by atomic mass is 10.1. The van der Waals surface area contributed by atoms with Crippen LogP contribution in [0.4, 0.5) is 5.69 Å². The second kappa shape index (κ2) is 3.84. The Balaban J connectivity index is 2.31. The zero-order chi connectivity index (χ0) is 11.8. The number of para-hydroxylation sites is 1. The maximum Gasteiger partial charge on any atom is 0.275 e. The highest BCUT2D eigenvalue weighted by Gasteiger charge is 2.36. The average molecular weight is 223 g/mol. The van der Waals surface area contributed by atoms with Gasteiger partial charge in [0.05, 0.1) is 17.1 Å². The summed E-state index contributed by atoms with van der Waals surface area (Å²) in [5.74, 6) is -0.672. The van der Waals surface area contributed by atoms with Gasteiger partial charge in [-0.2, -0.15) is 0 Å². The van der Waals surface area contributed by atoms with E-state index in [1.54, 1.807) is 32.0 Å². The first kappa shape index (κ1) is 11.0. The van der Waals surface area contributed by atoms with Gasteiger partial charge in [0.15, 0.2) is 5.79 Å². The van der Waals surface area contributed by atoms with Crippen molar-refractivity contribution >= 4 is 5.69 Å². The first-order chi connectivity index (χ1) is 7.49. The first-order valence-corrected chi connectivity index (χ1v) is 5.05. The molecule has 1 aromatic rings. The summed E-state index contributed by atoms with van der Waals surface area (Å²) in [7, 11) is 0. The Morgan fingerprint density at radius 3 is 2.69 bits per heavy atom. The van der Waals surface area contributed by atoms with E-state index in [1.807, 2.05) is 0 Å². The molecule has 0 bridgehead atoms. The number of nitro benzene ring substituents is 1. The maximum absolute atomic E-state index is 10.8. The molecule has 0 N–H and O–H groups in total. The van der Waals surface area contributed by atoms with Crippen LogP contribution in [0.15, 0.2) is 24.3 Å². The highest BCUT2D eigenvalue weighted by atomic mass is 16.7. The van der Waals surface area contributed by atoms with Gasteiger partial charge in [-0.15, -0.1) is 0 Å². The van der Waals surface area contributed by atoms with E-state index in [0.29, 0.717) is 12.2 Å². The number of hydrogen-bond acceptors (Lipinski definition) is 4. The maximum atomic E-state index is 10.8. The van der Waals surface area contributed by atoms with Crippen LogP contribution >= 0.6 is 0 Å². The molecule has 0 saturated carbocycles. The van der Waals surface area contributed by atoms with Crippen LogP contribution in [0, 0.1) is 10.1 Å². The summed E-state index contributed by atoms with van der Waals surface area (Å²) in [6.45, 7) is 3.93. The van der Waals surface area contributed by atoms with E-state index in [2.05, 4.69) is 0 Å². The van der Waals surface area contributed by atoms with Crippen molar-refractivity contribution in [3.05, 3.63) is 39.9 Å². The zero-order valence-electron chi connectivity index (χ0n) is 9.17. The topological polar surface area (TPSA) is 61.6 Å². The second-order valence-electron chi connectivity index (χ2n) is 4.13. The van der Waals surface area contributed by atoms with Crippen LogP contribution in [0.3, 0.4) is 0 Å². The van der Waals surface area contributed by atoms with Crippen molar-refractivity contribution in [1.82, 2.24) is 0 Å². The van der Waals surface area contributed by atoms with Crippen molar-refractivity contribution in [2.24, 2.45) is 0 Å². The average Bonchev–Trinajstić information content (AvgIpc) is 2.59. The Hall–Kier alpha value is -1.46. The summed E-state index contributed by atoms with van der Waals surface area (Å²) in [4.78, 5) is 10.5. The van der Waals surface area contributed by atoms with Gasteiger partial charge in [-0.3, -0.25) is 10.1 Å². The summed E-state index contributed by atoms with van der Waals surface area (Å²) < 4.78 is 11.0. The third-order valence-electron chi connectivity index (χ3n) is 2.49. The molecule has 1 atom stereocenters. The number of benzene rings is 1. The molecule has 5 heteroatoms. The van der Waals surface area contributed by atoms with Crippen molar-refractivity contribution in [1.29, 1.82) is 0 Å². The monoisotopic (exact) mass is 223 g/mol. The van der Waals surface area contributed by atoms with Gasteiger partial charge in [-0.25, -0.2) is 0 Å². The minimum absolute atomic E-state index is 0.0776. The summed E-state index contributed by atoms with van der Waals surface area (Å²) in [5.41, 5.74) is 0.645. The molecule has 0 aromatic heterocycles. The molecule has 86 valence electrons. The fourth-order valence-electron chi connectivity index (χ4n) is 1.77. The van der Waals surface area contributed by atoms with Crippen molar-refractivity contribution < 1.29 is 14.4 Å². The van der Waals surface area contributed by atoms with E-state index >= 15 is 0 Å². The first-order valence-electron chi connectivity index (χ1n) is 5.05. The van der Waals surface area contributed by atoms with Crippen LogP contribution in [-0.4, -0.2) is 17.3 Å². The van der Waals surface area contributed by atoms with Gasteiger partial charge >= 0.3 is 0 Å². The molecule has 16 heavy (non-hydrogen) atoms. The van der Waals surface area contributed by atoms with Crippen LogP contribution in [0.5, 0.6) is 0 Å². The molecule has 1 aliphatic heterocycles. The summed E-state index contributed by atoms with van der Waals surface area (Å²) >= 11 is 0. The number of nitro groups is 1. The predicted octanol–water partition coefficient (Wildman–Crippen LogP) is 2.42. The van der Waals surface area contributed by atoms with Crippen LogP contribution < -0.4 is 0 Å². The van der Waals surface area contributed by atoms with E-state index in [-0.39, 0.29) is 11.8 Å². The molecular formula is C11H13NO4. The van der Waals surface area contributed by atoms with E-state index in [9.17, 15) is 10.1 Å². The van der Waals surface area contributed by atoms with E-state index in [4.69, 9.17) is 9.47 Å². The highest BCUT2D eigenvalue weighted by Crippen LogP contribution is 2.36. The molecule has 1 aromatic carbocycles. The van der Waals surface area contributed by atoms with Gasteiger partial charge in [0.1, 0.15) is 6.10 Å². The summed E-state index contributed by atoms with van der Waals surface area (Å²) in [6, 6.07) is 6.58. The minimum atomic E-state index is -0.672. The highest BCUT2D eigenvalue weighted by molar-refractivity contribution is 5.41. The largest absolute Gasteiger partial charge is 0.347 e. The molecule has 0 aliphatic carbocycles. The molecule has 5 nitrogen and oxygen atoms in total. The van der Waals surface area contributed by atoms with E-state index < -0.39 is 10.7 Å². The molecule has 0 amide bonds. The normalized spacial score (nSPS) is 23.2. The summed E-state index contributed by atoms with van der Waals surface area (Å²) in [6.07, 6.45) is -0.364. The van der Waals surface area contributed by atoms with Gasteiger partial charge in [0.2, 0.25) is 0 Å². The smallest absolute Gasteiger partial charge is 0.275 e. The molecule has 2 rings (SSSR count). The van der Waals surface area contributed by atoms with Crippen molar-refractivity contribution in [2.45, 2.75) is 25.7 Å². The zero-order valence-corrected chi connectivity index (χ0v) is 9.17. The Labute approximate surface area is 93.1 Å². The van der Waals surface area contributed by atoms with Gasteiger partial charge in [-0.05, 0) is 19.9 Å². The fourth-order valence-corrected chi connectivity index (χ4v) is 1.77. The lowest BCUT2D eigenvalue weighted by Crippen LogP contribution is -2.19. The van der Waals surface area contributed by atoms with Crippen molar-refractivity contribution in [3.63, 3.8) is 0 Å². The molecule has 1 unspecified atom stereocenters. The van der Waals surface area contributed by atoms with E-state index in [1.165, 1.54) is 6.07 Å². The van der Waals surface area contributed by atoms with E-state index in [0.717, 1.165) is 0 Å². The molecular weight excluding hydrogens is 210 g/mol. The molecule has 1 fully saturated rings. The van der Waals surface area contributed by atoms with Crippen molar-refractivity contribution in [3.8, 4) is 0 Å². The SMILES string of the molecule is CC1(C)OCC(c2ccccc2[N+](=O)[O-])O1. The molecule has 1 saturated heterocycles. The second-order valence-corrected chi connectivity index (χ2v) is 4.13. The van der Waals surface area contributed by atoms with Gasteiger partial charge in [-0.1, -0.05) is 12.1 Å². The molecule has 0 spiro atoms. The molecule has 0 radical (unpaired) electrons. The van der Waals surface area contributed by atoms with Gasteiger partial charge in [0.25, 0.3) is 5.69 Å². The Morgan fingerprint density at radius 2 is 2.12 bits per heavy atom. The summed E-state index contributed by atoms with van der Waals surface area (Å²) in [5, 5.41) is 10.8. The van der Waals surface area contributed by atoms with Crippen molar-refractivity contribution in [2.75, 3.05) is 6.61 Å². The Morgan fingerprint density at radius 1 is 1.44 bits per heavy atom. The predicted molar refractivity (Wildman–Crippen MR) is 57.0 cm³/mol. The Kier molecular flexibility index (Phi) is 2.65. The lowest BCUT2D eigenvalue weighted by molar-refractivity contribution is -0.386. The third-order valence-corrected chi connectivity index (χ3v) is 2.49. The van der Waals surface area contributed by atoms with Crippen LogP contribution in [0.1, 0.15) is 25.5 Å². The third kappa shape index (κ3) is 2.05. The lowest BCUT2D eigenvalue weighted by Gasteiger charge is -2.17. The number of ether oxygens (including phenoxy) is 2. The molecule has 1 aliphatic rings. The number of nitrogens with zero attached hydrogens (tertiary/aromatic N) is 1. The quantitative estimate of drug-likeness (QED) is 0.570. The number of hydrogen-bond donors (Lipinski definition) is 0. The fraction of sp³-hybridized carbons (Fsp3) is 0.455.